The maximum Gasteiger partial charge on any atom is 0.305 e. The minimum absolute atomic E-state index is 0.0255. The molecule has 0 spiro atoms. The molecule has 0 heterocycles. The number of aliphatic hydroxyl groups excluding tert-OH is 3. The number of alkyl halides is 1. The molecule has 0 aliphatic heterocycles. The lowest BCUT2D eigenvalue weighted by Gasteiger charge is -2.23. The highest BCUT2D eigenvalue weighted by Gasteiger charge is 2.41. The first-order valence-corrected chi connectivity index (χ1v) is 11.9. The Labute approximate surface area is 191 Å². The Balaban J connectivity index is 1.89. The molecule has 1 aliphatic carbocycles. The molecule has 1 aliphatic rings. The highest BCUT2D eigenvalue weighted by molar-refractivity contribution is 6.21. The molecule has 3 N–H and O–H groups in total. The van der Waals surface area contributed by atoms with E-state index in [2.05, 4.69) is 19.1 Å². The van der Waals surface area contributed by atoms with Crippen LogP contribution in [0.5, 0.6) is 0 Å². The minimum Gasteiger partial charge on any atom is -0.463 e. The summed E-state index contributed by atoms with van der Waals surface area (Å²) in [5.74, 6) is -0.175. The Morgan fingerprint density at radius 3 is 2.68 bits per heavy atom. The number of unbranched alkanes of at least 4 members (excludes halogenated alkanes) is 2. The molecule has 31 heavy (non-hydrogen) atoms. The fraction of sp³-hybridized carbons (Fsp3) is 0.640. The number of benzene rings is 1. The fourth-order valence-electron chi connectivity index (χ4n) is 4.30. The number of hydrogen-bond donors (Lipinski definition) is 3. The maximum absolute atomic E-state index is 11.4. The number of ether oxygens (including phenoxy) is 1. The summed E-state index contributed by atoms with van der Waals surface area (Å²) in [5.41, 5.74) is 1.98. The standard InChI is InChI=1S/C25H37ClO5/c1-2-3-9-22(28)18-11-13-19(14-12-18)25-20(21(26)17-23(25)29)8-6-4-5-7-10-24(30)31-16-15-27/h4,6,11-14,20-23,25,27-29H,2-3,5,7-10,15-17H2,1H3/b6-4-/t20-,21+,22?,23+,25+/m0/s1. The van der Waals surface area contributed by atoms with Crippen LogP contribution < -0.4 is 0 Å². The Kier molecular flexibility index (Phi) is 11.6. The summed E-state index contributed by atoms with van der Waals surface area (Å²) >= 11 is 6.57. The van der Waals surface area contributed by atoms with Gasteiger partial charge in [0.15, 0.2) is 0 Å². The van der Waals surface area contributed by atoms with Crippen molar-refractivity contribution >= 4 is 17.6 Å². The summed E-state index contributed by atoms with van der Waals surface area (Å²) in [6.45, 7) is 2.01. The quantitative estimate of drug-likeness (QED) is 0.176. The van der Waals surface area contributed by atoms with Crippen molar-refractivity contribution in [2.75, 3.05) is 13.2 Å². The topological polar surface area (TPSA) is 87.0 Å². The van der Waals surface area contributed by atoms with Crippen LogP contribution in [0, 0.1) is 5.92 Å². The minimum atomic E-state index is -0.474. The number of carbonyl (C=O) groups excluding carboxylic acids is 1. The average Bonchev–Trinajstić information content (AvgIpc) is 3.05. The molecular formula is C25H37ClO5. The average molecular weight is 453 g/mol. The first kappa shape index (κ1) is 25.9. The van der Waals surface area contributed by atoms with E-state index in [0.717, 1.165) is 43.2 Å². The third kappa shape index (κ3) is 8.23. The number of halogens is 1. The van der Waals surface area contributed by atoms with E-state index in [9.17, 15) is 15.0 Å². The van der Waals surface area contributed by atoms with Gasteiger partial charge in [-0.15, -0.1) is 11.6 Å². The van der Waals surface area contributed by atoms with Crippen molar-refractivity contribution in [2.24, 2.45) is 5.92 Å². The van der Waals surface area contributed by atoms with Crippen LogP contribution in [0.25, 0.3) is 0 Å². The summed E-state index contributed by atoms with van der Waals surface area (Å²) in [4.78, 5) is 11.4. The van der Waals surface area contributed by atoms with E-state index in [4.69, 9.17) is 21.4 Å². The van der Waals surface area contributed by atoms with Crippen LogP contribution in [0.15, 0.2) is 36.4 Å². The van der Waals surface area contributed by atoms with Crippen LogP contribution in [0.1, 0.15) is 81.4 Å². The predicted octanol–water partition coefficient (Wildman–Crippen LogP) is 4.63. The first-order chi connectivity index (χ1) is 15.0. The van der Waals surface area contributed by atoms with Crippen LogP contribution in [0.3, 0.4) is 0 Å². The van der Waals surface area contributed by atoms with Gasteiger partial charge in [0.2, 0.25) is 0 Å². The zero-order valence-corrected chi connectivity index (χ0v) is 19.2. The fourth-order valence-corrected chi connectivity index (χ4v) is 4.74. The SMILES string of the molecule is CCCCC(O)c1ccc([C@@H]2[C@@H](C/C=C\CCCC(=O)OCCO)[C@H](Cl)C[C@H]2O)cc1. The van der Waals surface area contributed by atoms with Gasteiger partial charge in [-0.3, -0.25) is 4.79 Å². The molecule has 1 unspecified atom stereocenters. The van der Waals surface area contributed by atoms with Crippen molar-refractivity contribution in [3.05, 3.63) is 47.5 Å². The molecule has 5 nitrogen and oxygen atoms in total. The molecule has 174 valence electrons. The highest BCUT2D eigenvalue weighted by atomic mass is 35.5. The summed E-state index contributed by atoms with van der Waals surface area (Å²) in [6.07, 6.45) is 9.19. The molecule has 6 heteroatoms. The van der Waals surface area contributed by atoms with Crippen LogP contribution in [-0.2, 0) is 9.53 Å². The van der Waals surface area contributed by atoms with Crippen molar-refractivity contribution < 1.29 is 24.9 Å². The molecule has 0 saturated heterocycles. The van der Waals surface area contributed by atoms with Crippen molar-refractivity contribution in [1.82, 2.24) is 0 Å². The van der Waals surface area contributed by atoms with Crippen LogP contribution >= 0.6 is 11.6 Å². The van der Waals surface area contributed by atoms with Crippen LogP contribution in [0.4, 0.5) is 0 Å². The van der Waals surface area contributed by atoms with Gasteiger partial charge in [-0.25, -0.2) is 0 Å². The lowest BCUT2D eigenvalue weighted by atomic mass is 9.84. The van der Waals surface area contributed by atoms with Crippen molar-refractivity contribution in [2.45, 2.75) is 81.8 Å². The largest absolute Gasteiger partial charge is 0.463 e. The van der Waals surface area contributed by atoms with Gasteiger partial charge in [0, 0.05) is 17.7 Å². The number of aliphatic hydroxyl groups is 3. The second-order valence-electron chi connectivity index (χ2n) is 8.38. The third-order valence-electron chi connectivity index (χ3n) is 6.03. The first-order valence-electron chi connectivity index (χ1n) is 11.5. The van der Waals surface area contributed by atoms with Crippen molar-refractivity contribution in [3.8, 4) is 0 Å². The van der Waals surface area contributed by atoms with E-state index in [1.54, 1.807) is 0 Å². The molecule has 2 rings (SSSR count). The van der Waals surface area contributed by atoms with E-state index >= 15 is 0 Å². The van der Waals surface area contributed by atoms with Gasteiger partial charge in [-0.1, -0.05) is 56.2 Å². The monoisotopic (exact) mass is 452 g/mol. The second-order valence-corrected chi connectivity index (χ2v) is 8.94. The summed E-state index contributed by atoms with van der Waals surface area (Å²) in [7, 11) is 0. The van der Waals surface area contributed by atoms with Gasteiger partial charge in [0.25, 0.3) is 0 Å². The zero-order chi connectivity index (χ0) is 22.6. The van der Waals surface area contributed by atoms with Gasteiger partial charge < -0.3 is 20.1 Å². The molecule has 1 aromatic rings. The number of rotatable bonds is 13. The Morgan fingerprint density at radius 2 is 2.00 bits per heavy atom. The van der Waals surface area contributed by atoms with Gasteiger partial charge in [-0.2, -0.15) is 0 Å². The highest BCUT2D eigenvalue weighted by Crippen LogP contribution is 2.45. The van der Waals surface area contributed by atoms with Gasteiger partial charge in [-0.05, 0) is 49.1 Å². The Bertz CT molecular complexity index is 675. The van der Waals surface area contributed by atoms with E-state index in [0.29, 0.717) is 19.3 Å². The summed E-state index contributed by atoms with van der Waals surface area (Å²) in [5, 5.41) is 29.5. The van der Waals surface area contributed by atoms with Crippen LogP contribution in [0.2, 0.25) is 0 Å². The summed E-state index contributed by atoms with van der Waals surface area (Å²) < 4.78 is 4.84. The smallest absolute Gasteiger partial charge is 0.305 e. The molecule has 1 saturated carbocycles. The lowest BCUT2D eigenvalue weighted by Crippen LogP contribution is -2.18. The molecular weight excluding hydrogens is 416 g/mol. The molecule has 0 bridgehead atoms. The van der Waals surface area contributed by atoms with Gasteiger partial charge in [0.1, 0.15) is 6.61 Å². The number of allylic oxidation sites excluding steroid dienone is 2. The zero-order valence-electron chi connectivity index (χ0n) is 18.5. The van der Waals surface area contributed by atoms with E-state index in [1.807, 2.05) is 24.3 Å². The maximum atomic E-state index is 11.4. The van der Waals surface area contributed by atoms with E-state index < -0.39 is 12.2 Å². The Morgan fingerprint density at radius 1 is 1.26 bits per heavy atom. The lowest BCUT2D eigenvalue weighted by molar-refractivity contribution is -0.144. The number of hydrogen-bond acceptors (Lipinski definition) is 5. The number of esters is 1. The van der Waals surface area contributed by atoms with Crippen molar-refractivity contribution in [3.63, 3.8) is 0 Å². The van der Waals surface area contributed by atoms with Gasteiger partial charge in [0.05, 0.1) is 18.8 Å². The van der Waals surface area contributed by atoms with E-state index in [-0.39, 0.29) is 36.4 Å². The van der Waals surface area contributed by atoms with E-state index in [1.165, 1.54) is 0 Å². The predicted molar refractivity (Wildman–Crippen MR) is 123 cm³/mol. The normalized spacial score (nSPS) is 24.5. The number of carbonyl (C=O) groups is 1. The molecule has 0 radical (unpaired) electrons. The van der Waals surface area contributed by atoms with Gasteiger partial charge >= 0.3 is 5.97 Å². The van der Waals surface area contributed by atoms with Crippen LogP contribution in [-0.4, -0.2) is 46.0 Å². The van der Waals surface area contributed by atoms with Crippen molar-refractivity contribution in [1.29, 1.82) is 0 Å². The summed E-state index contributed by atoms with van der Waals surface area (Å²) in [6, 6.07) is 7.96. The second kappa shape index (κ2) is 13.9. The molecule has 0 amide bonds. The molecule has 1 fully saturated rings. The Hall–Kier alpha value is -1.40. The molecule has 0 aromatic heterocycles. The molecule has 1 aromatic carbocycles. The third-order valence-corrected chi connectivity index (χ3v) is 6.53. The molecule has 5 atom stereocenters.